The van der Waals surface area contributed by atoms with Gasteiger partial charge in [0.2, 0.25) is 0 Å². The maximum absolute atomic E-state index is 6.00. The summed E-state index contributed by atoms with van der Waals surface area (Å²) in [5.41, 5.74) is 3.33. The van der Waals surface area contributed by atoms with Crippen molar-refractivity contribution in [3.8, 4) is 11.4 Å². The molecule has 1 atom stereocenters. The van der Waals surface area contributed by atoms with Gasteiger partial charge in [-0.25, -0.2) is 4.68 Å². The van der Waals surface area contributed by atoms with Gasteiger partial charge in [0, 0.05) is 18.2 Å². The molecule has 0 saturated heterocycles. The summed E-state index contributed by atoms with van der Waals surface area (Å²) in [6.45, 7) is 3.75. The van der Waals surface area contributed by atoms with Crippen molar-refractivity contribution >= 4 is 0 Å². The molecule has 0 bridgehead atoms. The second-order valence-corrected chi connectivity index (χ2v) is 6.81. The molecule has 0 radical (unpaired) electrons. The molecule has 6 heteroatoms. The summed E-state index contributed by atoms with van der Waals surface area (Å²) in [5, 5.41) is 14.9. The van der Waals surface area contributed by atoms with Crippen LogP contribution in [0.1, 0.15) is 36.9 Å². The Kier molecular flexibility index (Phi) is 4.93. The van der Waals surface area contributed by atoms with E-state index in [4.69, 9.17) is 4.74 Å². The number of hydrogen-bond donors (Lipinski definition) is 1. The quantitative estimate of drug-likeness (QED) is 0.676. The molecule has 3 aromatic rings. The molecule has 6 nitrogen and oxygen atoms in total. The van der Waals surface area contributed by atoms with Gasteiger partial charge in [-0.3, -0.25) is 0 Å². The van der Waals surface area contributed by atoms with Gasteiger partial charge in [0.1, 0.15) is 12.1 Å². The Bertz CT molecular complexity index is 845. The number of para-hydroxylation sites is 1. The van der Waals surface area contributed by atoms with Crippen molar-refractivity contribution in [2.24, 2.45) is 5.92 Å². The number of aromatic nitrogens is 4. The number of benzene rings is 2. The minimum atomic E-state index is 0.197. The molecule has 1 aromatic heterocycles. The van der Waals surface area contributed by atoms with Gasteiger partial charge in [0.15, 0.2) is 0 Å². The summed E-state index contributed by atoms with van der Waals surface area (Å²) in [7, 11) is 0. The fourth-order valence-electron chi connectivity index (χ4n) is 2.88. The molecule has 4 rings (SSSR count). The number of tetrazole rings is 1. The third kappa shape index (κ3) is 4.08. The van der Waals surface area contributed by atoms with Crippen molar-refractivity contribution < 1.29 is 4.74 Å². The van der Waals surface area contributed by atoms with E-state index in [2.05, 4.69) is 58.1 Å². The van der Waals surface area contributed by atoms with E-state index in [1.807, 2.05) is 18.2 Å². The van der Waals surface area contributed by atoms with Crippen molar-refractivity contribution in [1.29, 1.82) is 0 Å². The van der Waals surface area contributed by atoms with E-state index in [0.717, 1.165) is 30.5 Å². The lowest BCUT2D eigenvalue weighted by molar-refractivity contribution is 0.295. The van der Waals surface area contributed by atoms with Crippen molar-refractivity contribution in [1.82, 2.24) is 25.5 Å². The van der Waals surface area contributed by atoms with E-state index in [1.165, 1.54) is 24.0 Å². The number of nitrogens with one attached hydrogen (secondary N) is 1. The number of nitrogens with zero attached hydrogens (tertiary/aromatic N) is 4. The van der Waals surface area contributed by atoms with Gasteiger partial charge in [-0.05, 0) is 59.9 Å². The maximum Gasteiger partial charge on any atom is 0.143 e. The van der Waals surface area contributed by atoms with E-state index in [9.17, 15) is 0 Å². The summed E-state index contributed by atoms with van der Waals surface area (Å²) in [6, 6.07) is 16.7. The third-order valence-corrected chi connectivity index (χ3v) is 4.73. The Morgan fingerprint density at radius 3 is 2.88 bits per heavy atom. The van der Waals surface area contributed by atoms with Crippen LogP contribution in [0.4, 0.5) is 0 Å². The smallest absolute Gasteiger partial charge is 0.143 e. The van der Waals surface area contributed by atoms with Gasteiger partial charge in [-0.2, -0.15) is 0 Å². The predicted molar refractivity (Wildman–Crippen MR) is 99.1 cm³/mol. The monoisotopic (exact) mass is 349 g/mol. The molecule has 1 aliphatic rings. The highest BCUT2D eigenvalue weighted by Gasteiger charge is 2.22. The van der Waals surface area contributed by atoms with Crippen LogP contribution in [-0.4, -0.2) is 26.8 Å². The molecule has 0 amide bonds. The Labute approximate surface area is 153 Å². The Balaban J connectivity index is 1.41. The van der Waals surface area contributed by atoms with Crippen LogP contribution in [0.5, 0.6) is 5.75 Å². The molecule has 2 aromatic carbocycles. The SMILES string of the molecule is CC(NCc1ccccc1OCC1CC1)c1cccc(-n2cnnn2)c1. The number of hydrogen-bond acceptors (Lipinski definition) is 5. The summed E-state index contributed by atoms with van der Waals surface area (Å²) >= 11 is 0. The first-order chi connectivity index (χ1) is 12.8. The summed E-state index contributed by atoms with van der Waals surface area (Å²) in [4.78, 5) is 0. The highest BCUT2D eigenvalue weighted by atomic mass is 16.5. The third-order valence-electron chi connectivity index (χ3n) is 4.73. The standard InChI is InChI=1S/C20H23N5O/c1-15(17-6-4-7-19(11-17)25-14-22-23-24-25)21-12-18-5-2-3-8-20(18)26-13-16-9-10-16/h2-8,11,14-16,21H,9-10,12-13H2,1H3. The Morgan fingerprint density at radius 2 is 2.08 bits per heavy atom. The van der Waals surface area contributed by atoms with Gasteiger partial charge in [-0.15, -0.1) is 5.10 Å². The largest absolute Gasteiger partial charge is 0.493 e. The second kappa shape index (κ2) is 7.66. The molecule has 0 spiro atoms. The first-order valence-corrected chi connectivity index (χ1v) is 9.07. The van der Waals surface area contributed by atoms with E-state index in [-0.39, 0.29) is 6.04 Å². The minimum Gasteiger partial charge on any atom is -0.493 e. The molecular weight excluding hydrogens is 326 g/mol. The zero-order valence-corrected chi connectivity index (χ0v) is 14.9. The number of ether oxygens (including phenoxy) is 1. The highest BCUT2D eigenvalue weighted by molar-refractivity contribution is 5.36. The van der Waals surface area contributed by atoms with Crippen LogP contribution in [-0.2, 0) is 6.54 Å². The summed E-state index contributed by atoms with van der Waals surface area (Å²) in [5.74, 6) is 1.74. The van der Waals surface area contributed by atoms with Gasteiger partial charge in [0.25, 0.3) is 0 Å². The van der Waals surface area contributed by atoms with Crippen molar-refractivity contribution in [3.05, 3.63) is 66.0 Å². The molecule has 1 N–H and O–H groups in total. The topological polar surface area (TPSA) is 64.9 Å². The van der Waals surface area contributed by atoms with Crippen LogP contribution in [0.25, 0.3) is 5.69 Å². The van der Waals surface area contributed by atoms with Gasteiger partial charge in [-0.1, -0.05) is 30.3 Å². The van der Waals surface area contributed by atoms with Crippen molar-refractivity contribution in [2.75, 3.05) is 6.61 Å². The molecule has 1 unspecified atom stereocenters. The Morgan fingerprint density at radius 1 is 1.19 bits per heavy atom. The van der Waals surface area contributed by atoms with Gasteiger partial charge >= 0.3 is 0 Å². The zero-order valence-electron chi connectivity index (χ0n) is 14.9. The Hall–Kier alpha value is -2.73. The normalized spacial score (nSPS) is 15.0. The van der Waals surface area contributed by atoms with E-state index in [1.54, 1.807) is 11.0 Å². The lowest BCUT2D eigenvalue weighted by Crippen LogP contribution is -2.19. The lowest BCUT2D eigenvalue weighted by Gasteiger charge is -2.17. The first-order valence-electron chi connectivity index (χ1n) is 9.07. The van der Waals surface area contributed by atoms with Crippen LogP contribution in [0.2, 0.25) is 0 Å². The second-order valence-electron chi connectivity index (χ2n) is 6.81. The van der Waals surface area contributed by atoms with Crippen LogP contribution in [0.3, 0.4) is 0 Å². The fourth-order valence-corrected chi connectivity index (χ4v) is 2.88. The van der Waals surface area contributed by atoms with Crippen LogP contribution in [0.15, 0.2) is 54.9 Å². The molecule has 134 valence electrons. The van der Waals surface area contributed by atoms with Crippen LogP contribution >= 0.6 is 0 Å². The average Bonchev–Trinajstić information content (AvgIpc) is 3.35. The van der Waals surface area contributed by atoms with Crippen molar-refractivity contribution in [3.63, 3.8) is 0 Å². The van der Waals surface area contributed by atoms with Gasteiger partial charge in [0.05, 0.1) is 12.3 Å². The molecule has 1 heterocycles. The fraction of sp³-hybridized carbons (Fsp3) is 0.350. The summed E-state index contributed by atoms with van der Waals surface area (Å²) < 4.78 is 7.67. The van der Waals surface area contributed by atoms with Crippen LogP contribution < -0.4 is 10.1 Å². The molecule has 0 aliphatic heterocycles. The van der Waals surface area contributed by atoms with Crippen LogP contribution in [0, 0.1) is 5.92 Å². The predicted octanol–water partition coefficient (Wildman–Crippen LogP) is 3.30. The van der Waals surface area contributed by atoms with E-state index < -0.39 is 0 Å². The lowest BCUT2D eigenvalue weighted by atomic mass is 10.1. The minimum absolute atomic E-state index is 0.197. The van der Waals surface area contributed by atoms with E-state index in [0.29, 0.717) is 0 Å². The molecule has 1 fully saturated rings. The first kappa shape index (κ1) is 16.7. The van der Waals surface area contributed by atoms with Crippen molar-refractivity contribution in [2.45, 2.75) is 32.4 Å². The zero-order chi connectivity index (χ0) is 17.8. The maximum atomic E-state index is 6.00. The molecule has 1 saturated carbocycles. The molecule has 1 aliphatic carbocycles. The molecular formula is C20H23N5O. The molecule has 26 heavy (non-hydrogen) atoms. The van der Waals surface area contributed by atoms with Gasteiger partial charge < -0.3 is 10.1 Å². The van der Waals surface area contributed by atoms with E-state index >= 15 is 0 Å². The highest BCUT2D eigenvalue weighted by Crippen LogP contribution is 2.30. The average molecular weight is 349 g/mol. The number of rotatable bonds is 8. The summed E-state index contributed by atoms with van der Waals surface area (Å²) in [6.07, 6.45) is 4.20.